The topological polar surface area (TPSA) is 102 Å². The summed E-state index contributed by atoms with van der Waals surface area (Å²) in [7, 11) is 0. The molecule has 0 saturated carbocycles. The SMILES string of the molecule is CCCNC(=O)CN1C(=O)S/C(=C\c2ccc(OCC(=O)OCC)cc2)C1=O. The summed E-state index contributed by atoms with van der Waals surface area (Å²) < 4.78 is 10.1. The van der Waals surface area contributed by atoms with Gasteiger partial charge in [-0.2, -0.15) is 0 Å². The Labute approximate surface area is 167 Å². The smallest absolute Gasteiger partial charge is 0.344 e. The summed E-state index contributed by atoms with van der Waals surface area (Å²) in [6, 6.07) is 6.69. The van der Waals surface area contributed by atoms with E-state index in [2.05, 4.69) is 5.32 Å². The van der Waals surface area contributed by atoms with Gasteiger partial charge in [0.1, 0.15) is 12.3 Å². The average Bonchev–Trinajstić information content (AvgIpc) is 2.93. The molecular weight excluding hydrogens is 384 g/mol. The fourth-order valence-electron chi connectivity index (χ4n) is 2.26. The van der Waals surface area contributed by atoms with E-state index in [-0.39, 0.29) is 30.6 Å². The zero-order chi connectivity index (χ0) is 20.5. The molecule has 1 heterocycles. The van der Waals surface area contributed by atoms with E-state index in [0.29, 0.717) is 17.9 Å². The largest absolute Gasteiger partial charge is 0.482 e. The predicted octanol–water partition coefficient (Wildman–Crippen LogP) is 2.19. The normalized spacial score (nSPS) is 15.1. The third kappa shape index (κ3) is 6.12. The lowest BCUT2D eigenvalue weighted by molar-refractivity contribution is -0.145. The Bertz CT molecular complexity index is 775. The molecule has 8 nitrogen and oxygen atoms in total. The first-order valence-corrected chi connectivity index (χ1v) is 9.66. The molecule has 0 radical (unpaired) electrons. The molecule has 2 rings (SSSR count). The lowest BCUT2D eigenvalue weighted by Gasteiger charge is -2.11. The van der Waals surface area contributed by atoms with Crippen LogP contribution in [0.1, 0.15) is 25.8 Å². The molecule has 0 aromatic heterocycles. The molecule has 1 aliphatic rings. The van der Waals surface area contributed by atoms with Gasteiger partial charge in [-0.1, -0.05) is 19.1 Å². The summed E-state index contributed by atoms with van der Waals surface area (Å²) in [5.74, 6) is -0.841. The van der Waals surface area contributed by atoms with Crippen LogP contribution in [0, 0.1) is 0 Å². The van der Waals surface area contributed by atoms with E-state index < -0.39 is 17.1 Å². The molecule has 1 aromatic rings. The monoisotopic (exact) mass is 406 g/mol. The number of rotatable bonds is 9. The lowest BCUT2D eigenvalue weighted by atomic mass is 10.2. The van der Waals surface area contributed by atoms with Crippen LogP contribution in [-0.2, 0) is 19.1 Å². The Kier molecular flexibility index (Phi) is 8.06. The number of ether oxygens (including phenoxy) is 2. The third-order valence-corrected chi connectivity index (χ3v) is 4.49. The molecule has 150 valence electrons. The summed E-state index contributed by atoms with van der Waals surface area (Å²) in [5, 5.41) is 2.16. The first-order valence-electron chi connectivity index (χ1n) is 8.85. The minimum absolute atomic E-state index is 0.188. The number of hydrogen-bond donors (Lipinski definition) is 1. The summed E-state index contributed by atoms with van der Waals surface area (Å²) in [6.07, 6.45) is 2.34. The van der Waals surface area contributed by atoms with Gasteiger partial charge >= 0.3 is 5.97 Å². The standard InChI is InChI=1S/C19H22N2O6S/c1-3-9-20-16(22)11-21-18(24)15(28-19(21)25)10-13-5-7-14(8-6-13)27-12-17(23)26-4-2/h5-8,10H,3-4,9,11-12H2,1-2H3,(H,20,22)/b15-10-. The van der Waals surface area contributed by atoms with Crippen molar-refractivity contribution >= 4 is 40.9 Å². The molecule has 1 aliphatic heterocycles. The van der Waals surface area contributed by atoms with Crippen LogP contribution in [0.5, 0.6) is 5.75 Å². The molecule has 0 unspecified atom stereocenters. The highest BCUT2D eigenvalue weighted by Crippen LogP contribution is 2.32. The molecule has 1 aromatic carbocycles. The number of nitrogens with one attached hydrogen (secondary N) is 1. The van der Waals surface area contributed by atoms with Gasteiger partial charge in [-0.3, -0.25) is 19.3 Å². The van der Waals surface area contributed by atoms with Gasteiger partial charge in [0.2, 0.25) is 5.91 Å². The van der Waals surface area contributed by atoms with Gasteiger partial charge < -0.3 is 14.8 Å². The first-order chi connectivity index (χ1) is 13.4. The van der Waals surface area contributed by atoms with Crippen molar-refractivity contribution in [3.63, 3.8) is 0 Å². The molecular formula is C19H22N2O6S. The maximum atomic E-state index is 12.4. The summed E-state index contributed by atoms with van der Waals surface area (Å²) in [5.41, 5.74) is 0.685. The van der Waals surface area contributed by atoms with Crippen molar-refractivity contribution in [1.29, 1.82) is 0 Å². The van der Waals surface area contributed by atoms with Crippen LogP contribution in [0.15, 0.2) is 29.2 Å². The second kappa shape index (κ2) is 10.5. The third-order valence-electron chi connectivity index (χ3n) is 3.59. The number of hydrogen-bond acceptors (Lipinski definition) is 7. The minimum Gasteiger partial charge on any atom is -0.482 e. The number of carbonyl (C=O) groups excluding carboxylic acids is 4. The number of imide groups is 1. The number of nitrogens with zero attached hydrogens (tertiary/aromatic N) is 1. The predicted molar refractivity (Wildman–Crippen MR) is 105 cm³/mol. The van der Waals surface area contributed by atoms with Crippen LogP contribution in [0.2, 0.25) is 0 Å². The van der Waals surface area contributed by atoms with Crippen molar-refractivity contribution in [2.75, 3.05) is 26.3 Å². The summed E-state index contributed by atoms with van der Waals surface area (Å²) >= 11 is 0.792. The highest BCUT2D eigenvalue weighted by atomic mass is 32.2. The Morgan fingerprint density at radius 3 is 2.54 bits per heavy atom. The van der Waals surface area contributed by atoms with Crippen molar-refractivity contribution < 1.29 is 28.7 Å². The van der Waals surface area contributed by atoms with Gasteiger partial charge in [-0.05, 0) is 48.9 Å². The zero-order valence-corrected chi connectivity index (χ0v) is 16.5. The minimum atomic E-state index is -0.496. The van der Waals surface area contributed by atoms with Gasteiger partial charge in [0, 0.05) is 6.54 Å². The molecule has 0 atom stereocenters. The van der Waals surface area contributed by atoms with E-state index in [4.69, 9.17) is 9.47 Å². The molecule has 1 fully saturated rings. The quantitative estimate of drug-likeness (QED) is 0.495. The van der Waals surface area contributed by atoms with Crippen molar-refractivity contribution in [3.05, 3.63) is 34.7 Å². The van der Waals surface area contributed by atoms with Crippen LogP contribution < -0.4 is 10.1 Å². The lowest BCUT2D eigenvalue weighted by Crippen LogP contribution is -2.39. The van der Waals surface area contributed by atoms with Crippen LogP contribution >= 0.6 is 11.8 Å². The van der Waals surface area contributed by atoms with Gasteiger partial charge in [0.15, 0.2) is 6.61 Å². The van der Waals surface area contributed by atoms with E-state index in [0.717, 1.165) is 23.1 Å². The Hall–Kier alpha value is -2.81. The first kappa shape index (κ1) is 21.5. The van der Waals surface area contributed by atoms with Crippen LogP contribution in [0.3, 0.4) is 0 Å². The second-order valence-electron chi connectivity index (χ2n) is 5.78. The molecule has 0 aliphatic carbocycles. The van der Waals surface area contributed by atoms with Gasteiger partial charge in [-0.25, -0.2) is 4.79 Å². The summed E-state index contributed by atoms with van der Waals surface area (Å²) in [6.45, 7) is 3.93. The molecule has 9 heteroatoms. The van der Waals surface area contributed by atoms with Crippen molar-refractivity contribution in [2.24, 2.45) is 0 Å². The van der Waals surface area contributed by atoms with Gasteiger partial charge in [0.05, 0.1) is 11.5 Å². The van der Waals surface area contributed by atoms with Crippen LogP contribution in [-0.4, -0.2) is 54.2 Å². The van der Waals surface area contributed by atoms with E-state index >= 15 is 0 Å². The van der Waals surface area contributed by atoms with E-state index in [1.165, 1.54) is 0 Å². The van der Waals surface area contributed by atoms with Crippen molar-refractivity contribution in [3.8, 4) is 5.75 Å². The van der Waals surface area contributed by atoms with Crippen LogP contribution in [0.25, 0.3) is 6.08 Å². The Balaban J connectivity index is 1.97. The Morgan fingerprint density at radius 1 is 1.18 bits per heavy atom. The number of amides is 3. The van der Waals surface area contributed by atoms with Gasteiger partial charge in [-0.15, -0.1) is 0 Å². The average molecular weight is 406 g/mol. The van der Waals surface area contributed by atoms with Gasteiger partial charge in [0.25, 0.3) is 11.1 Å². The van der Waals surface area contributed by atoms with Crippen molar-refractivity contribution in [1.82, 2.24) is 10.2 Å². The molecule has 1 saturated heterocycles. The number of thioether (sulfide) groups is 1. The fourth-order valence-corrected chi connectivity index (χ4v) is 3.10. The zero-order valence-electron chi connectivity index (χ0n) is 15.7. The fraction of sp³-hybridized carbons (Fsp3) is 0.368. The molecule has 3 amide bonds. The second-order valence-corrected chi connectivity index (χ2v) is 6.77. The highest BCUT2D eigenvalue weighted by molar-refractivity contribution is 8.18. The highest BCUT2D eigenvalue weighted by Gasteiger charge is 2.36. The number of benzene rings is 1. The molecule has 28 heavy (non-hydrogen) atoms. The summed E-state index contributed by atoms with van der Waals surface area (Å²) in [4.78, 5) is 48.7. The Morgan fingerprint density at radius 2 is 1.89 bits per heavy atom. The van der Waals surface area contributed by atoms with Crippen LogP contribution in [0.4, 0.5) is 4.79 Å². The van der Waals surface area contributed by atoms with Crippen molar-refractivity contribution in [2.45, 2.75) is 20.3 Å². The number of carbonyl (C=O) groups is 4. The van der Waals surface area contributed by atoms with E-state index in [9.17, 15) is 19.2 Å². The molecule has 1 N–H and O–H groups in total. The maximum Gasteiger partial charge on any atom is 0.344 e. The number of esters is 1. The molecule has 0 bridgehead atoms. The van der Waals surface area contributed by atoms with E-state index in [1.54, 1.807) is 37.3 Å². The van der Waals surface area contributed by atoms with E-state index in [1.807, 2.05) is 6.92 Å². The maximum absolute atomic E-state index is 12.4. The molecule has 0 spiro atoms.